The van der Waals surface area contributed by atoms with Gasteiger partial charge in [-0.1, -0.05) is 25.1 Å². The maximum Gasteiger partial charge on any atom is 0.336 e. The molecule has 3 nitrogen and oxygen atoms in total. The maximum absolute atomic E-state index is 11.1. The molecule has 0 spiro atoms. The van der Waals surface area contributed by atoms with E-state index in [0.717, 1.165) is 17.6 Å². The molecule has 0 aliphatic carbocycles. The van der Waals surface area contributed by atoms with E-state index in [2.05, 4.69) is 4.98 Å². The molecule has 1 N–H and O–H groups in total. The SMILES string of the molecule is CCc1cc(C(=O)O)c2ccccc2n1. The van der Waals surface area contributed by atoms with Crippen LogP contribution in [0.5, 0.6) is 0 Å². The van der Waals surface area contributed by atoms with Gasteiger partial charge in [-0.3, -0.25) is 4.98 Å². The minimum absolute atomic E-state index is 0.331. The smallest absolute Gasteiger partial charge is 0.336 e. The highest BCUT2D eigenvalue weighted by molar-refractivity contribution is 6.02. The number of carboxylic acids is 1. The highest BCUT2D eigenvalue weighted by Crippen LogP contribution is 2.18. The van der Waals surface area contributed by atoms with E-state index in [9.17, 15) is 4.79 Å². The first kappa shape index (κ1) is 9.65. The number of fused-ring (bicyclic) bond motifs is 1. The van der Waals surface area contributed by atoms with Crippen LogP contribution >= 0.6 is 0 Å². The zero-order valence-corrected chi connectivity index (χ0v) is 8.40. The average molecular weight is 201 g/mol. The van der Waals surface area contributed by atoms with Crippen LogP contribution < -0.4 is 0 Å². The van der Waals surface area contributed by atoms with Gasteiger partial charge in [0.25, 0.3) is 0 Å². The first-order chi connectivity index (χ1) is 7.22. The fourth-order valence-corrected chi connectivity index (χ4v) is 1.59. The van der Waals surface area contributed by atoms with Crippen molar-refractivity contribution in [3.8, 4) is 0 Å². The number of hydrogen-bond acceptors (Lipinski definition) is 2. The number of carboxylic acid groups (broad SMARTS) is 1. The Labute approximate surface area is 87.4 Å². The second-order valence-corrected chi connectivity index (χ2v) is 3.34. The summed E-state index contributed by atoms with van der Waals surface area (Å²) in [5.41, 5.74) is 1.89. The monoisotopic (exact) mass is 201 g/mol. The van der Waals surface area contributed by atoms with Crippen molar-refractivity contribution in [3.05, 3.63) is 41.6 Å². The van der Waals surface area contributed by atoms with Gasteiger partial charge in [0, 0.05) is 11.1 Å². The highest BCUT2D eigenvalue weighted by atomic mass is 16.4. The second kappa shape index (κ2) is 3.69. The lowest BCUT2D eigenvalue weighted by molar-refractivity contribution is 0.0699. The van der Waals surface area contributed by atoms with Crippen LogP contribution in [-0.4, -0.2) is 16.1 Å². The molecule has 1 aromatic carbocycles. The van der Waals surface area contributed by atoms with E-state index in [4.69, 9.17) is 5.11 Å². The van der Waals surface area contributed by atoms with Crippen molar-refractivity contribution in [2.45, 2.75) is 13.3 Å². The molecule has 0 unspecified atom stereocenters. The Bertz CT molecular complexity index is 520. The van der Waals surface area contributed by atoms with Crippen LogP contribution in [0.2, 0.25) is 0 Å². The van der Waals surface area contributed by atoms with Gasteiger partial charge in [0.15, 0.2) is 0 Å². The van der Waals surface area contributed by atoms with E-state index < -0.39 is 5.97 Å². The third-order valence-corrected chi connectivity index (χ3v) is 2.36. The molecule has 2 aromatic rings. The lowest BCUT2D eigenvalue weighted by Gasteiger charge is -2.04. The quantitative estimate of drug-likeness (QED) is 0.812. The number of benzene rings is 1. The number of aromatic nitrogens is 1. The molecule has 0 saturated heterocycles. The summed E-state index contributed by atoms with van der Waals surface area (Å²) >= 11 is 0. The summed E-state index contributed by atoms with van der Waals surface area (Å²) in [5.74, 6) is -0.900. The van der Waals surface area contributed by atoms with Gasteiger partial charge < -0.3 is 5.11 Å². The molecule has 0 saturated carbocycles. The molecule has 1 aromatic heterocycles. The number of aromatic carboxylic acids is 1. The zero-order chi connectivity index (χ0) is 10.8. The minimum atomic E-state index is -0.900. The molecule has 0 aliphatic heterocycles. The third kappa shape index (κ3) is 1.68. The van der Waals surface area contributed by atoms with Gasteiger partial charge in [0.05, 0.1) is 11.1 Å². The molecule has 2 rings (SSSR count). The topological polar surface area (TPSA) is 50.2 Å². The fourth-order valence-electron chi connectivity index (χ4n) is 1.59. The third-order valence-electron chi connectivity index (χ3n) is 2.36. The number of rotatable bonds is 2. The van der Waals surface area contributed by atoms with Gasteiger partial charge in [0.1, 0.15) is 0 Å². The van der Waals surface area contributed by atoms with Crippen molar-refractivity contribution in [3.63, 3.8) is 0 Å². The molecule has 15 heavy (non-hydrogen) atoms. The lowest BCUT2D eigenvalue weighted by Crippen LogP contribution is -2.01. The molecule has 0 atom stereocenters. The zero-order valence-electron chi connectivity index (χ0n) is 8.40. The van der Waals surface area contributed by atoms with E-state index in [1.165, 1.54) is 0 Å². The van der Waals surface area contributed by atoms with E-state index in [-0.39, 0.29) is 0 Å². The molecule has 0 radical (unpaired) electrons. The first-order valence-corrected chi connectivity index (χ1v) is 4.84. The van der Waals surface area contributed by atoms with Gasteiger partial charge >= 0.3 is 5.97 Å². The molecule has 0 aliphatic rings. The van der Waals surface area contributed by atoms with Crippen LogP contribution in [0.1, 0.15) is 23.0 Å². The predicted molar refractivity (Wildman–Crippen MR) is 58.1 cm³/mol. The predicted octanol–water partition coefficient (Wildman–Crippen LogP) is 2.50. The number of hydrogen-bond donors (Lipinski definition) is 1. The van der Waals surface area contributed by atoms with Crippen molar-refractivity contribution < 1.29 is 9.90 Å². The Hall–Kier alpha value is -1.90. The van der Waals surface area contributed by atoms with Gasteiger partial charge in [-0.05, 0) is 18.6 Å². The summed E-state index contributed by atoms with van der Waals surface area (Å²) in [6.45, 7) is 1.96. The van der Waals surface area contributed by atoms with E-state index in [1.54, 1.807) is 12.1 Å². The van der Waals surface area contributed by atoms with Crippen LogP contribution in [0.4, 0.5) is 0 Å². The largest absolute Gasteiger partial charge is 0.478 e. The summed E-state index contributed by atoms with van der Waals surface area (Å²) in [7, 11) is 0. The van der Waals surface area contributed by atoms with Gasteiger partial charge in [0.2, 0.25) is 0 Å². The van der Waals surface area contributed by atoms with Crippen LogP contribution in [0, 0.1) is 0 Å². The fraction of sp³-hybridized carbons (Fsp3) is 0.167. The molecule has 76 valence electrons. The van der Waals surface area contributed by atoms with Crippen LogP contribution in [0.15, 0.2) is 30.3 Å². The van der Waals surface area contributed by atoms with Crippen LogP contribution in [0.25, 0.3) is 10.9 Å². The molecule has 0 fully saturated rings. The van der Waals surface area contributed by atoms with E-state index >= 15 is 0 Å². The number of nitrogens with zero attached hydrogens (tertiary/aromatic N) is 1. The van der Waals surface area contributed by atoms with Gasteiger partial charge in [-0.25, -0.2) is 4.79 Å². The number of pyridine rings is 1. The first-order valence-electron chi connectivity index (χ1n) is 4.84. The van der Waals surface area contributed by atoms with Crippen LogP contribution in [-0.2, 0) is 6.42 Å². The van der Waals surface area contributed by atoms with E-state index in [0.29, 0.717) is 10.9 Å². The Balaban J connectivity index is 2.80. The Kier molecular flexibility index (Phi) is 2.37. The van der Waals surface area contributed by atoms with Gasteiger partial charge in [-0.2, -0.15) is 0 Å². The van der Waals surface area contributed by atoms with Crippen molar-refractivity contribution >= 4 is 16.9 Å². The normalized spacial score (nSPS) is 10.5. The molecular formula is C12H11NO2. The maximum atomic E-state index is 11.1. The van der Waals surface area contributed by atoms with Crippen molar-refractivity contribution in [2.24, 2.45) is 0 Å². The molecule has 0 bridgehead atoms. The van der Waals surface area contributed by atoms with Crippen LogP contribution in [0.3, 0.4) is 0 Å². The minimum Gasteiger partial charge on any atom is -0.478 e. The molecule has 1 heterocycles. The second-order valence-electron chi connectivity index (χ2n) is 3.34. The van der Waals surface area contributed by atoms with Crippen molar-refractivity contribution in [1.82, 2.24) is 4.98 Å². The van der Waals surface area contributed by atoms with Crippen molar-refractivity contribution in [2.75, 3.05) is 0 Å². The number of aryl methyl sites for hydroxylation is 1. The standard InChI is InChI=1S/C12H11NO2/c1-2-8-7-10(12(14)15)9-5-3-4-6-11(9)13-8/h3-7H,2H2,1H3,(H,14,15). The summed E-state index contributed by atoms with van der Waals surface area (Å²) in [6, 6.07) is 8.94. The summed E-state index contributed by atoms with van der Waals surface area (Å²) in [4.78, 5) is 15.4. The molecular weight excluding hydrogens is 190 g/mol. The Morgan fingerprint density at radius 3 is 2.80 bits per heavy atom. The summed E-state index contributed by atoms with van der Waals surface area (Å²) in [5, 5.41) is 9.77. The summed E-state index contributed by atoms with van der Waals surface area (Å²) in [6.07, 6.45) is 0.741. The number of para-hydroxylation sites is 1. The number of carbonyl (C=O) groups is 1. The lowest BCUT2D eigenvalue weighted by atomic mass is 10.1. The van der Waals surface area contributed by atoms with Gasteiger partial charge in [-0.15, -0.1) is 0 Å². The molecule has 3 heteroatoms. The Morgan fingerprint density at radius 1 is 1.40 bits per heavy atom. The highest BCUT2D eigenvalue weighted by Gasteiger charge is 2.10. The molecule has 0 amide bonds. The van der Waals surface area contributed by atoms with Crippen molar-refractivity contribution in [1.29, 1.82) is 0 Å². The summed E-state index contributed by atoms with van der Waals surface area (Å²) < 4.78 is 0. The average Bonchev–Trinajstić information content (AvgIpc) is 2.27. The van der Waals surface area contributed by atoms with E-state index in [1.807, 2.05) is 25.1 Å². The Morgan fingerprint density at radius 2 is 2.13 bits per heavy atom.